The van der Waals surface area contributed by atoms with Gasteiger partial charge < -0.3 is 9.84 Å². The highest BCUT2D eigenvalue weighted by Crippen LogP contribution is 2.14. The summed E-state index contributed by atoms with van der Waals surface area (Å²) in [5.41, 5.74) is 0. The number of ether oxygens (including phenoxy) is 1. The highest BCUT2D eigenvalue weighted by molar-refractivity contribution is 5.78. The maximum absolute atomic E-state index is 11.5. The summed E-state index contributed by atoms with van der Waals surface area (Å²) in [5.74, 6) is -2.15. The first-order valence-corrected chi connectivity index (χ1v) is 11.3. The summed E-state index contributed by atoms with van der Waals surface area (Å²) in [7, 11) is 0. The smallest absolute Gasteiger partial charge is 0.307 e. The van der Waals surface area contributed by atoms with Gasteiger partial charge in [-0.15, -0.1) is 0 Å². The molecule has 0 heterocycles. The molecule has 0 fully saturated rings. The van der Waals surface area contributed by atoms with Crippen molar-refractivity contribution in [3.63, 3.8) is 0 Å². The van der Waals surface area contributed by atoms with E-state index in [2.05, 4.69) is 13.5 Å². The quantitative estimate of drug-likeness (QED) is 0.139. The number of esters is 1. The second-order valence-corrected chi connectivity index (χ2v) is 7.60. The average molecular weight is 395 g/mol. The van der Waals surface area contributed by atoms with Gasteiger partial charge in [-0.25, -0.2) is 0 Å². The minimum absolute atomic E-state index is 0.0912. The van der Waals surface area contributed by atoms with Crippen LogP contribution >= 0.6 is 0 Å². The summed E-state index contributed by atoms with van der Waals surface area (Å²) in [6.45, 7) is 5.85. The molecule has 28 heavy (non-hydrogen) atoms. The number of aliphatic carboxylic acids is 1. The van der Waals surface area contributed by atoms with Crippen molar-refractivity contribution >= 4 is 11.9 Å². The zero-order chi connectivity index (χ0) is 20.9. The molecule has 1 unspecified atom stereocenters. The third-order valence-corrected chi connectivity index (χ3v) is 4.94. The van der Waals surface area contributed by atoms with E-state index in [1.807, 2.05) is 12.2 Å². The molecule has 162 valence electrons. The van der Waals surface area contributed by atoms with E-state index in [-0.39, 0.29) is 13.0 Å². The van der Waals surface area contributed by atoms with Crippen molar-refractivity contribution in [2.45, 2.75) is 103 Å². The van der Waals surface area contributed by atoms with Gasteiger partial charge in [0.15, 0.2) is 0 Å². The van der Waals surface area contributed by atoms with Crippen LogP contribution in [0.2, 0.25) is 0 Å². The Morgan fingerprint density at radius 2 is 1.43 bits per heavy atom. The molecule has 4 nitrogen and oxygen atoms in total. The minimum atomic E-state index is -0.953. The van der Waals surface area contributed by atoms with Crippen LogP contribution in [0, 0.1) is 5.92 Å². The molecular weight excluding hydrogens is 352 g/mol. The van der Waals surface area contributed by atoms with E-state index in [1.165, 1.54) is 76.7 Å². The van der Waals surface area contributed by atoms with E-state index in [4.69, 9.17) is 4.74 Å². The van der Waals surface area contributed by atoms with Crippen LogP contribution in [0.15, 0.2) is 24.8 Å². The molecule has 4 heteroatoms. The molecule has 0 saturated heterocycles. The van der Waals surface area contributed by atoms with Crippen molar-refractivity contribution in [1.29, 1.82) is 0 Å². The van der Waals surface area contributed by atoms with Gasteiger partial charge in [0.2, 0.25) is 0 Å². The van der Waals surface area contributed by atoms with Crippen LogP contribution in [0.4, 0.5) is 0 Å². The first-order valence-electron chi connectivity index (χ1n) is 11.3. The maximum atomic E-state index is 11.5. The Bertz CT molecular complexity index is 428. The highest BCUT2D eigenvalue weighted by Gasteiger charge is 2.20. The van der Waals surface area contributed by atoms with E-state index >= 15 is 0 Å². The van der Waals surface area contributed by atoms with Gasteiger partial charge in [0.25, 0.3) is 0 Å². The summed E-state index contributed by atoms with van der Waals surface area (Å²) >= 11 is 0. The lowest BCUT2D eigenvalue weighted by Gasteiger charge is -2.09. The highest BCUT2D eigenvalue weighted by atomic mass is 16.5. The Hall–Kier alpha value is -1.58. The van der Waals surface area contributed by atoms with Gasteiger partial charge in [0, 0.05) is 0 Å². The number of allylic oxidation sites excluding steroid dienone is 2. The number of carbonyl (C=O) groups excluding carboxylic acids is 1. The minimum Gasteiger partial charge on any atom is -0.481 e. The molecule has 1 atom stereocenters. The lowest BCUT2D eigenvalue weighted by molar-refractivity contribution is -0.150. The molecule has 0 amide bonds. The normalized spacial score (nSPS) is 12.2. The summed E-state index contributed by atoms with van der Waals surface area (Å²) < 4.78 is 4.86. The van der Waals surface area contributed by atoms with E-state index in [0.717, 1.165) is 12.8 Å². The molecule has 0 aliphatic heterocycles. The fourth-order valence-corrected chi connectivity index (χ4v) is 3.16. The van der Waals surface area contributed by atoms with Crippen LogP contribution in [0.1, 0.15) is 103 Å². The molecule has 0 spiro atoms. The molecule has 0 bridgehead atoms. The topological polar surface area (TPSA) is 63.6 Å². The fourth-order valence-electron chi connectivity index (χ4n) is 3.16. The predicted octanol–water partition coefficient (Wildman–Crippen LogP) is 6.84. The average Bonchev–Trinajstić information content (AvgIpc) is 2.68. The molecule has 0 rings (SSSR count). The van der Waals surface area contributed by atoms with E-state index in [9.17, 15) is 14.7 Å². The van der Waals surface area contributed by atoms with Crippen molar-refractivity contribution in [2.24, 2.45) is 5.92 Å². The summed E-state index contributed by atoms with van der Waals surface area (Å²) in [6.07, 6.45) is 22.7. The van der Waals surface area contributed by atoms with Gasteiger partial charge >= 0.3 is 11.9 Å². The van der Waals surface area contributed by atoms with Crippen LogP contribution in [0.5, 0.6) is 0 Å². The van der Waals surface area contributed by atoms with Crippen LogP contribution in [0.3, 0.4) is 0 Å². The lowest BCUT2D eigenvalue weighted by Crippen LogP contribution is -2.19. The Morgan fingerprint density at radius 3 is 1.93 bits per heavy atom. The van der Waals surface area contributed by atoms with Crippen molar-refractivity contribution in [1.82, 2.24) is 0 Å². The van der Waals surface area contributed by atoms with E-state index in [0.29, 0.717) is 6.42 Å². The lowest BCUT2D eigenvalue weighted by atomic mass is 10.0. The first kappa shape index (κ1) is 26.4. The van der Waals surface area contributed by atoms with Crippen LogP contribution in [-0.2, 0) is 14.3 Å². The Morgan fingerprint density at radius 1 is 0.893 bits per heavy atom. The molecule has 0 radical (unpaired) electrons. The zero-order valence-corrected chi connectivity index (χ0v) is 18.0. The van der Waals surface area contributed by atoms with Crippen LogP contribution < -0.4 is 0 Å². The zero-order valence-electron chi connectivity index (χ0n) is 18.0. The molecule has 0 aromatic rings. The second kappa shape index (κ2) is 20.2. The summed E-state index contributed by atoms with van der Waals surface area (Å²) in [6, 6.07) is 0. The largest absolute Gasteiger partial charge is 0.481 e. The number of rotatable bonds is 20. The number of unbranched alkanes of at least 4 members (excludes halogenated alkanes) is 12. The second-order valence-electron chi connectivity index (χ2n) is 7.60. The number of carboxylic acid groups (broad SMARTS) is 1. The molecule has 0 aromatic carbocycles. The fraction of sp³-hybridized carbons (Fsp3) is 0.750. The number of carbonyl (C=O) groups is 2. The molecular formula is C24H42O4. The van der Waals surface area contributed by atoms with Crippen molar-refractivity contribution in [3.05, 3.63) is 24.8 Å². The van der Waals surface area contributed by atoms with Gasteiger partial charge in [-0.1, -0.05) is 102 Å². The SMILES string of the molecule is C=CCOC(=O)CC(C/C=C/CCCCCCCCCCCCCC)C(=O)O. The monoisotopic (exact) mass is 394 g/mol. The van der Waals surface area contributed by atoms with Crippen molar-refractivity contribution in [2.75, 3.05) is 6.61 Å². The summed E-state index contributed by atoms with van der Waals surface area (Å²) in [5, 5.41) is 9.20. The molecule has 0 aromatic heterocycles. The van der Waals surface area contributed by atoms with Gasteiger partial charge in [0.05, 0.1) is 12.3 Å². The van der Waals surface area contributed by atoms with Crippen molar-refractivity contribution in [3.8, 4) is 0 Å². The van der Waals surface area contributed by atoms with Crippen LogP contribution in [0.25, 0.3) is 0 Å². The Labute approximate surface area is 172 Å². The van der Waals surface area contributed by atoms with Crippen LogP contribution in [-0.4, -0.2) is 23.7 Å². The van der Waals surface area contributed by atoms with E-state index < -0.39 is 17.9 Å². The first-order chi connectivity index (χ1) is 13.6. The standard InChI is InChI=1S/C24H42O4/c1-3-5-6-7-8-9-10-11-12-13-14-15-16-17-18-19-22(24(26)27)21-23(25)28-20-4-2/h4,17-18,22H,2-3,5-16,19-21H2,1H3,(H,26,27)/b18-17+. The van der Waals surface area contributed by atoms with E-state index in [1.54, 1.807) is 0 Å². The number of hydrogen-bond donors (Lipinski definition) is 1. The maximum Gasteiger partial charge on any atom is 0.307 e. The summed E-state index contributed by atoms with van der Waals surface area (Å²) in [4.78, 5) is 22.7. The molecule has 1 N–H and O–H groups in total. The van der Waals surface area contributed by atoms with Crippen molar-refractivity contribution < 1.29 is 19.4 Å². The van der Waals surface area contributed by atoms with Gasteiger partial charge in [-0.3, -0.25) is 9.59 Å². The van der Waals surface area contributed by atoms with Gasteiger partial charge in [0.1, 0.15) is 6.61 Å². The molecule has 0 aliphatic carbocycles. The number of carboxylic acids is 1. The molecule has 0 aliphatic rings. The predicted molar refractivity (Wildman–Crippen MR) is 116 cm³/mol. The third kappa shape index (κ3) is 17.8. The van der Waals surface area contributed by atoms with Gasteiger partial charge in [-0.05, 0) is 19.3 Å². The van der Waals surface area contributed by atoms with Gasteiger partial charge in [-0.2, -0.15) is 0 Å². The third-order valence-electron chi connectivity index (χ3n) is 4.94. The Balaban J connectivity index is 3.58. The number of hydrogen-bond acceptors (Lipinski definition) is 3. The Kier molecular flexibility index (Phi) is 19.0. The molecule has 0 saturated carbocycles.